The first-order chi connectivity index (χ1) is 7.13. The zero-order valence-corrected chi connectivity index (χ0v) is 9.05. The summed E-state index contributed by atoms with van der Waals surface area (Å²) in [4.78, 5) is 6.84. The van der Waals surface area contributed by atoms with Crippen molar-refractivity contribution in [1.82, 2.24) is 9.97 Å². The van der Waals surface area contributed by atoms with Gasteiger partial charge in [-0.25, -0.2) is 13.8 Å². The molecule has 0 saturated heterocycles. The Bertz CT molecular complexity index is 498. The van der Waals surface area contributed by atoms with Gasteiger partial charge in [-0.05, 0) is 12.1 Å². The maximum atomic E-state index is 12.6. The lowest BCUT2D eigenvalue weighted by Gasteiger charge is -2.02. The molecule has 15 heavy (non-hydrogen) atoms. The van der Waals surface area contributed by atoms with E-state index in [1.54, 1.807) is 0 Å². The van der Waals surface area contributed by atoms with Gasteiger partial charge in [-0.3, -0.25) is 0 Å². The van der Waals surface area contributed by atoms with Crippen molar-refractivity contribution < 1.29 is 13.9 Å². The quantitative estimate of drug-likeness (QED) is 0.828. The summed E-state index contributed by atoms with van der Waals surface area (Å²) in [6.45, 7) is 0. The molecule has 0 amide bonds. The number of phenolic OH excluding ortho intramolecular Hbond substituents is 1. The van der Waals surface area contributed by atoms with E-state index in [4.69, 9.17) is 0 Å². The van der Waals surface area contributed by atoms with Crippen molar-refractivity contribution in [3.8, 4) is 5.75 Å². The number of fused-ring (bicyclic) bond motifs is 1. The number of aromatic amines is 1. The molecule has 1 heterocycles. The predicted octanol–water partition coefficient (Wildman–Crippen LogP) is 3.10. The Morgan fingerprint density at radius 3 is 2.80 bits per heavy atom. The smallest absolute Gasteiger partial charge is 0.269 e. The number of phenols is 1. The zero-order valence-electron chi connectivity index (χ0n) is 7.47. The number of nitrogens with zero attached hydrogens (tertiary/aromatic N) is 1. The van der Waals surface area contributed by atoms with Gasteiger partial charge in [0.05, 0.1) is 16.4 Å². The van der Waals surface area contributed by atoms with E-state index in [-0.39, 0.29) is 5.52 Å². The second-order valence-corrected chi connectivity index (χ2v) is 3.57. The van der Waals surface area contributed by atoms with Gasteiger partial charge in [0.2, 0.25) is 0 Å². The third kappa shape index (κ3) is 1.69. The molecule has 1 aromatic heterocycles. The minimum atomic E-state index is -2.74. The van der Waals surface area contributed by atoms with Gasteiger partial charge in [-0.1, -0.05) is 15.9 Å². The maximum Gasteiger partial charge on any atom is 0.269 e. The van der Waals surface area contributed by atoms with Crippen LogP contribution in [0.1, 0.15) is 17.8 Å². The first kappa shape index (κ1) is 10.4. The van der Waals surface area contributed by atoms with E-state index in [9.17, 15) is 13.9 Å². The summed E-state index contributed by atoms with van der Waals surface area (Å²) in [6, 6.07) is 2.76. The number of aromatic nitrogens is 2. The van der Waals surface area contributed by atoms with Crippen LogP contribution in [0.15, 0.2) is 12.1 Å². The molecule has 2 rings (SSSR count). The number of rotatable bonds is 2. The van der Waals surface area contributed by atoms with Gasteiger partial charge in [-0.15, -0.1) is 0 Å². The monoisotopic (exact) mass is 276 g/mol. The number of alkyl halides is 3. The van der Waals surface area contributed by atoms with E-state index in [0.29, 0.717) is 16.7 Å². The lowest BCUT2D eigenvalue weighted by Crippen LogP contribution is -1.87. The van der Waals surface area contributed by atoms with Crippen LogP contribution in [-0.4, -0.2) is 15.1 Å². The van der Waals surface area contributed by atoms with Gasteiger partial charge < -0.3 is 10.1 Å². The summed E-state index contributed by atoms with van der Waals surface area (Å²) in [7, 11) is 0. The molecule has 0 aliphatic rings. The second-order valence-electron chi connectivity index (χ2n) is 3.01. The fourth-order valence-electron chi connectivity index (χ4n) is 1.42. The number of nitrogens with one attached hydrogen (secondary N) is 1. The molecule has 1 aromatic carbocycles. The van der Waals surface area contributed by atoms with Crippen LogP contribution < -0.4 is 0 Å². The molecule has 0 aliphatic heterocycles. The van der Waals surface area contributed by atoms with Crippen molar-refractivity contribution in [3.63, 3.8) is 0 Å². The number of benzene rings is 1. The highest BCUT2D eigenvalue weighted by Gasteiger charge is 2.19. The topological polar surface area (TPSA) is 48.9 Å². The van der Waals surface area contributed by atoms with Crippen LogP contribution in [0.5, 0.6) is 5.75 Å². The third-order valence-corrected chi connectivity index (χ3v) is 2.60. The standard InChI is InChI=1S/C9H7BrF2N2O/c10-3-6-13-4-1-2-5(15)7(9(11)12)8(4)14-6/h1-2,9,15H,3H2,(H,13,14). The first-order valence-corrected chi connectivity index (χ1v) is 5.30. The zero-order chi connectivity index (χ0) is 11.0. The van der Waals surface area contributed by atoms with Gasteiger partial charge in [0.25, 0.3) is 6.43 Å². The van der Waals surface area contributed by atoms with Gasteiger partial charge in [0.15, 0.2) is 0 Å². The SMILES string of the molecule is Oc1ccc2[nH]c(CBr)nc2c1C(F)F. The molecule has 3 nitrogen and oxygen atoms in total. The Hall–Kier alpha value is -1.17. The molecule has 2 aromatic rings. The molecule has 6 heteroatoms. The molecule has 0 fully saturated rings. The summed E-state index contributed by atoms with van der Waals surface area (Å²) in [5.74, 6) is 0.127. The molecule has 2 N–H and O–H groups in total. The lowest BCUT2D eigenvalue weighted by atomic mass is 10.1. The molecule has 0 radical (unpaired) electrons. The Balaban J connectivity index is 2.74. The molecule has 0 spiro atoms. The maximum absolute atomic E-state index is 12.6. The Morgan fingerprint density at radius 2 is 2.20 bits per heavy atom. The van der Waals surface area contributed by atoms with Crippen molar-refractivity contribution in [2.45, 2.75) is 11.8 Å². The number of imidazole rings is 1. The Morgan fingerprint density at radius 1 is 1.47 bits per heavy atom. The number of halogens is 3. The van der Waals surface area contributed by atoms with E-state index in [2.05, 4.69) is 25.9 Å². The summed E-state index contributed by atoms with van der Waals surface area (Å²) in [6.07, 6.45) is -2.74. The molecule has 0 unspecified atom stereocenters. The summed E-state index contributed by atoms with van der Waals surface area (Å²) in [5, 5.41) is 9.76. The highest BCUT2D eigenvalue weighted by molar-refractivity contribution is 9.08. The average molecular weight is 277 g/mol. The number of hydrogen-bond acceptors (Lipinski definition) is 2. The van der Waals surface area contributed by atoms with Crippen LogP contribution in [-0.2, 0) is 5.33 Å². The average Bonchev–Trinajstić information content (AvgIpc) is 2.59. The second kappa shape index (κ2) is 3.77. The number of hydrogen-bond donors (Lipinski definition) is 2. The third-order valence-electron chi connectivity index (χ3n) is 2.06. The van der Waals surface area contributed by atoms with Gasteiger partial charge in [-0.2, -0.15) is 0 Å². The number of H-pyrrole nitrogens is 1. The van der Waals surface area contributed by atoms with Crippen molar-refractivity contribution >= 4 is 27.0 Å². The van der Waals surface area contributed by atoms with E-state index in [0.717, 1.165) is 0 Å². The first-order valence-electron chi connectivity index (χ1n) is 4.18. The molecule has 0 saturated carbocycles. The van der Waals surface area contributed by atoms with Crippen LogP contribution in [0.2, 0.25) is 0 Å². The minimum Gasteiger partial charge on any atom is -0.507 e. The highest BCUT2D eigenvalue weighted by Crippen LogP contribution is 2.33. The molecule has 0 bridgehead atoms. The fourth-order valence-corrected chi connectivity index (χ4v) is 1.68. The Kier molecular flexibility index (Phi) is 2.60. The molecule has 0 atom stereocenters. The summed E-state index contributed by atoms with van der Waals surface area (Å²) >= 11 is 3.17. The lowest BCUT2D eigenvalue weighted by molar-refractivity contribution is 0.149. The van der Waals surface area contributed by atoms with Crippen LogP contribution in [0, 0.1) is 0 Å². The van der Waals surface area contributed by atoms with Crippen molar-refractivity contribution in [3.05, 3.63) is 23.5 Å². The van der Waals surface area contributed by atoms with E-state index in [1.165, 1.54) is 12.1 Å². The van der Waals surface area contributed by atoms with Gasteiger partial charge in [0, 0.05) is 0 Å². The minimum absolute atomic E-state index is 0.124. The van der Waals surface area contributed by atoms with Gasteiger partial charge in [0.1, 0.15) is 17.1 Å². The summed E-state index contributed by atoms with van der Waals surface area (Å²) in [5.41, 5.74) is 0.202. The summed E-state index contributed by atoms with van der Waals surface area (Å²) < 4.78 is 25.3. The molecule has 0 aliphatic carbocycles. The molecule has 80 valence electrons. The largest absolute Gasteiger partial charge is 0.507 e. The van der Waals surface area contributed by atoms with Crippen molar-refractivity contribution in [2.24, 2.45) is 0 Å². The van der Waals surface area contributed by atoms with E-state index in [1.807, 2.05) is 0 Å². The predicted molar refractivity (Wildman–Crippen MR) is 55.3 cm³/mol. The highest BCUT2D eigenvalue weighted by atomic mass is 79.9. The fraction of sp³-hybridized carbons (Fsp3) is 0.222. The molecular weight excluding hydrogens is 270 g/mol. The Labute approximate surface area is 92.3 Å². The van der Waals surface area contributed by atoms with Crippen molar-refractivity contribution in [1.29, 1.82) is 0 Å². The van der Waals surface area contributed by atoms with E-state index < -0.39 is 17.7 Å². The van der Waals surface area contributed by atoms with Crippen molar-refractivity contribution in [2.75, 3.05) is 0 Å². The van der Waals surface area contributed by atoms with Crippen LogP contribution >= 0.6 is 15.9 Å². The normalized spacial score (nSPS) is 11.5. The van der Waals surface area contributed by atoms with Gasteiger partial charge >= 0.3 is 0 Å². The van der Waals surface area contributed by atoms with Crippen LogP contribution in [0.3, 0.4) is 0 Å². The molecular formula is C9H7BrF2N2O. The van der Waals surface area contributed by atoms with Crippen LogP contribution in [0.4, 0.5) is 8.78 Å². The number of aromatic hydroxyl groups is 1. The van der Waals surface area contributed by atoms with E-state index >= 15 is 0 Å². The van der Waals surface area contributed by atoms with Crippen LogP contribution in [0.25, 0.3) is 11.0 Å².